The first-order valence-corrected chi connectivity index (χ1v) is 7.06. The molecule has 1 aromatic rings. The Bertz CT molecular complexity index is 350. The van der Waals surface area contributed by atoms with Crippen molar-refractivity contribution in [2.75, 3.05) is 0 Å². The standard InChI is InChI=1S/C17H25N/c1-4-7-14-17(15-12-9-8-10-13-15)18-16(6-3)11-5-2/h2,8-10,12-13,16-18H,4,6-7,11,14H2,1,3H3. The molecule has 0 bridgehead atoms. The van der Waals surface area contributed by atoms with E-state index in [-0.39, 0.29) is 0 Å². The molecule has 0 aliphatic rings. The minimum absolute atomic E-state index is 0.428. The predicted molar refractivity (Wildman–Crippen MR) is 79.4 cm³/mol. The van der Waals surface area contributed by atoms with Gasteiger partial charge in [-0.05, 0) is 18.4 Å². The Hall–Kier alpha value is -1.26. The van der Waals surface area contributed by atoms with Crippen molar-refractivity contribution in [3.63, 3.8) is 0 Å². The lowest BCUT2D eigenvalue weighted by atomic mass is 9.99. The molecule has 0 spiro atoms. The maximum atomic E-state index is 5.43. The maximum Gasteiger partial charge on any atom is 0.0323 e. The second-order valence-electron chi connectivity index (χ2n) is 4.79. The SMILES string of the molecule is C#CCC(CC)NC(CCCC)c1ccccc1. The van der Waals surface area contributed by atoms with Gasteiger partial charge >= 0.3 is 0 Å². The number of rotatable bonds is 8. The molecule has 18 heavy (non-hydrogen) atoms. The summed E-state index contributed by atoms with van der Waals surface area (Å²) in [5.74, 6) is 2.77. The second kappa shape index (κ2) is 8.78. The molecule has 0 saturated carbocycles. The number of unbranched alkanes of at least 4 members (excludes halogenated alkanes) is 1. The third kappa shape index (κ3) is 4.94. The number of benzene rings is 1. The third-order valence-electron chi connectivity index (χ3n) is 3.34. The Labute approximate surface area is 112 Å². The van der Waals surface area contributed by atoms with E-state index < -0.39 is 0 Å². The number of terminal acetylenes is 1. The van der Waals surface area contributed by atoms with Crippen LogP contribution in [0.25, 0.3) is 0 Å². The van der Waals surface area contributed by atoms with Crippen LogP contribution in [0, 0.1) is 12.3 Å². The minimum atomic E-state index is 0.428. The summed E-state index contributed by atoms with van der Waals surface area (Å²) in [5, 5.41) is 3.71. The number of hydrogen-bond acceptors (Lipinski definition) is 1. The highest BCUT2D eigenvalue weighted by molar-refractivity contribution is 5.19. The topological polar surface area (TPSA) is 12.0 Å². The summed E-state index contributed by atoms with van der Waals surface area (Å²) in [6.45, 7) is 4.43. The van der Waals surface area contributed by atoms with E-state index in [1.165, 1.54) is 24.8 Å². The molecule has 2 unspecified atom stereocenters. The Kier molecular flexibility index (Phi) is 7.22. The second-order valence-corrected chi connectivity index (χ2v) is 4.79. The van der Waals surface area contributed by atoms with Gasteiger partial charge in [0.15, 0.2) is 0 Å². The van der Waals surface area contributed by atoms with Crippen molar-refractivity contribution in [2.24, 2.45) is 0 Å². The van der Waals surface area contributed by atoms with Crippen molar-refractivity contribution in [2.45, 2.75) is 58.0 Å². The number of hydrogen-bond donors (Lipinski definition) is 1. The van der Waals surface area contributed by atoms with E-state index in [1.54, 1.807) is 0 Å². The normalized spacial score (nSPS) is 13.8. The molecule has 1 nitrogen and oxygen atoms in total. The van der Waals surface area contributed by atoms with Crippen molar-refractivity contribution in [1.82, 2.24) is 5.32 Å². The molecule has 1 rings (SSSR count). The van der Waals surface area contributed by atoms with Gasteiger partial charge in [0.25, 0.3) is 0 Å². The predicted octanol–water partition coefficient (Wildman–Crippen LogP) is 4.31. The highest BCUT2D eigenvalue weighted by atomic mass is 14.9. The zero-order chi connectivity index (χ0) is 13.2. The molecule has 1 N–H and O–H groups in total. The molecule has 2 atom stereocenters. The van der Waals surface area contributed by atoms with Crippen LogP contribution < -0.4 is 5.32 Å². The van der Waals surface area contributed by atoms with Gasteiger partial charge in [0, 0.05) is 18.5 Å². The molecule has 0 radical (unpaired) electrons. The first-order valence-electron chi connectivity index (χ1n) is 7.06. The van der Waals surface area contributed by atoms with Crippen LogP contribution in [0.5, 0.6) is 0 Å². The van der Waals surface area contributed by atoms with E-state index in [9.17, 15) is 0 Å². The summed E-state index contributed by atoms with van der Waals surface area (Å²) in [7, 11) is 0. The zero-order valence-corrected chi connectivity index (χ0v) is 11.7. The maximum absolute atomic E-state index is 5.43. The van der Waals surface area contributed by atoms with Crippen LogP contribution in [0.3, 0.4) is 0 Å². The molecule has 98 valence electrons. The molecule has 0 aromatic heterocycles. The summed E-state index contributed by atoms with van der Waals surface area (Å²) >= 11 is 0. The Morgan fingerprint density at radius 3 is 2.50 bits per heavy atom. The largest absolute Gasteiger partial charge is 0.306 e. The van der Waals surface area contributed by atoms with Gasteiger partial charge in [-0.15, -0.1) is 12.3 Å². The van der Waals surface area contributed by atoms with Crippen molar-refractivity contribution in [3.8, 4) is 12.3 Å². The highest BCUT2D eigenvalue weighted by Gasteiger charge is 2.14. The quantitative estimate of drug-likeness (QED) is 0.671. The summed E-state index contributed by atoms with van der Waals surface area (Å²) in [4.78, 5) is 0. The minimum Gasteiger partial charge on any atom is -0.306 e. The van der Waals surface area contributed by atoms with E-state index in [2.05, 4.69) is 55.4 Å². The Morgan fingerprint density at radius 1 is 1.22 bits per heavy atom. The van der Waals surface area contributed by atoms with Gasteiger partial charge < -0.3 is 5.32 Å². The first-order chi connectivity index (χ1) is 8.81. The van der Waals surface area contributed by atoms with Crippen LogP contribution in [0.2, 0.25) is 0 Å². The molecule has 1 aromatic carbocycles. The van der Waals surface area contributed by atoms with E-state index in [1.807, 2.05) is 0 Å². The fraction of sp³-hybridized carbons (Fsp3) is 0.529. The summed E-state index contributed by atoms with van der Waals surface area (Å²) in [6, 6.07) is 11.6. The molecule has 0 aliphatic heterocycles. The van der Waals surface area contributed by atoms with Crippen LogP contribution in [0.15, 0.2) is 30.3 Å². The van der Waals surface area contributed by atoms with Crippen molar-refractivity contribution in [1.29, 1.82) is 0 Å². The van der Waals surface area contributed by atoms with Gasteiger partial charge in [-0.25, -0.2) is 0 Å². The van der Waals surface area contributed by atoms with Crippen molar-refractivity contribution < 1.29 is 0 Å². The van der Waals surface area contributed by atoms with Gasteiger partial charge in [-0.3, -0.25) is 0 Å². The lowest BCUT2D eigenvalue weighted by Crippen LogP contribution is -2.32. The van der Waals surface area contributed by atoms with E-state index in [0.717, 1.165) is 12.8 Å². The van der Waals surface area contributed by atoms with Crippen LogP contribution >= 0.6 is 0 Å². The third-order valence-corrected chi connectivity index (χ3v) is 3.34. The smallest absolute Gasteiger partial charge is 0.0323 e. The molecule has 1 heteroatoms. The summed E-state index contributed by atoms with van der Waals surface area (Å²) < 4.78 is 0. The number of nitrogens with one attached hydrogen (secondary N) is 1. The lowest BCUT2D eigenvalue weighted by Gasteiger charge is -2.24. The van der Waals surface area contributed by atoms with Gasteiger partial charge in [0.1, 0.15) is 0 Å². The fourth-order valence-electron chi connectivity index (χ4n) is 2.19. The van der Waals surface area contributed by atoms with Crippen molar-refractivity contribution >= 4 is 0 Å². The highest BCUT2D eigenvalue weighted by Crippen LogP contribution is 2.20. The van der Waals surface area contributed by atoms with Gasteiger partial charge in [-0.1, -0.05) is 57.0 Å². The first kappa shape index (κ1) is 14.8. The molecule has 0 heterocycles. The molecule has 0 saturated heterocycles. The zero-order valence-electron chi connectivity index (χ0n) is 11.7. The van der Waals surface area contributed by atoms with Crippen LogP contribution in [0.4, 0.5) is 0 Å². The molecular weight excluding hydrogens is 218 g/mol. The molecule has 0 amide bonds. The average Bonchev–Trinajstić information content (AvgIpc) is 2.43. The monoisotopic (exact) mass is 243 g/mol. The molecular formula is C17H25N. The van der Waals surface area contributed by atoms with E-state index in [0.29, 0.717) is 12.1 Å². The van der Waals surface area contributed by atoms with Crippen molar-refractivity contribution in [3.05, 3.63) is 35.9 Å². The average molecular weight is 243 g/mol. The van der Waals surface area contributed by atoms with Crippen LogP contribution in [-0.2, 0) is 0 Å². The van der Waals surface area contributed by atoms with Crippen LogP contribution in [-0.4, -0.2) is 6.04 Å². The van der Waals surface area contributed by atoms with Crippen LogP contribution in [0.1, 0.15) is 57.6 Å². The lowest BCUT2D eigenvalue weighted by molar-refractivity contribution is 0.402. The summed E-state index contributed by atoms with van der Waals surface area (Å²) in [5.41, 5.74) is 1.38. The van der Waals surface area contributed by atoms with Gasteiger partial charge in [0.05, 0.1) is 0 Å². The van der Waals surface area contributed by atoms with Gasteiger partial charge in [0.2, 0.25) is 0 Å². The Balaban J connectivity index is 2.69. The van der Waals surface area contributed by atoms with Gasteiger partial charge in [-0.2, -0.15) is 0 Å². The molecule has 0 fully saturated rings. The van der Waals surface area contributed by atoms with E-state index >= 15 is 0 Å². The Morgan fingerprint density at radius 2 is 1.94 bits per heavy atom. The summed E-state index contributed by atoms with van der Waals surface area (Å²) in [6.07, 6.45) is 11.0. The fourth-order valence-corrected chi connectivity index (χ4v) is 2.19. The van der Waals surface area contributed by atoms with E-state index in [4.69, 9.17) is 6.42 Å². The molecule has 0 aliphatic carbocycles.